The number of anilines is 1. The van der Waals surface area contributed by atoms with Gasteiger partial charge in [-0.3, -0.25) is 9.59 Å². The van der Waals surface area contributed by atoms with E-state index < -0.39 is 18.4 Å². The maximum atomic E-state index is 12.2. The Morgan fingerprint density at radius 2 is 1.83 bits per heavy atom. The average Bonchev–Trinajstić information content (AvgIpc) is 2.54. The number of benzene rings is 2. The highest BCUT2D eigenvalue weighted by Gasteiger charge is 2.11. The fraction of sp³-hybridized carbons (Fsp3) is 0.125. The van der Waals surface area contributed by atoms with E-state index in [4.69, 9.17) is 0 Å². The number of amides is 2. The van der Waals surface area contributed by atoms with Crippen LogP contribution in [0, 0.1) is 0 Å². The lowest BCUT2D eigenvalue weighted by Crippen LogP contribution is -2.32. The lowest BCUT2D eigenvalue weighted by molar-refractivity contribution is -0.115. The summed E-state index contributed by atoms with van der Waals surface area (Å²) in [5.41, 5.74) is 0.703. The molecule has 0 aromatic heterocycles. The van der Waals surface area contributed by atoms with Crippen LogP contribution in [0.3, 0.4) is 0 Å². The van der Waals surface area contributed by atoms with Crippen molar-refractivity contribution >= 4 is 33.4 Å². The molecule has 5 nitrogen and oxygen atoms in total. The summed E-state index contributed by atoms with van der Waals surface area (Å²) in [7, 11) is 0. The van der Waals surface area contributed by atoms with E-state index in [1.165, 1.54) is 24.3 Å². The van der Waals surface area contributed by atoms with Gasteiger partial charge in [0.25, 0.3) is 5.91 Å². The second-order valence-electron chi connectivity index (χ2n) is 4.64. The Kier molecular flexibility index (Phi) is 6.25. The lowest BCUT2D eigenvalue weighted by Gasteiger charge is -2.08. The minimum atomic E-state index is -2.97. The van der Waals surface area contributed by atoms with E-state index in [2.05, 4.69) is 31.3 Å². The number of ether oxygens (including phenoxy) is 1. The molecule has 2 amide bonds. The van der Waals surface area contributed by atoms with Crippen molar-refractivity contribution in [2.45, 2.75) is 6.61 Å². The summed E-state index contributed by atoms with van der Waals surface area (Å²) in [6.07, 6.45) is 0. The fourth-order valence-electron chi connectivity index (χ4n) is 1.81. The molecular formula is C16H13BrF2N2O3. The van der Waals surface area contributed by atoms with Gasteiger partial charge in [-0.15, -0.1) is 0 Å². The summed E-state index contributed by atoms with van der Waals surface area (Å²) >= 11 is 3.28. The molecule has 0 fully saturated rings. The molecule has 0 aliphatic heterocycles. The highest BCUT2D eigenvalue weighted by Crippen LogP contribution is 2.16. The van der Waals surface area contributed by atoms with Gasteiger partial charge in [0.1, 0.15) is 5.75 Å². The Morgan fingerprint density at radius 1 is 1.12 bits per heavy atom. The highest BCUT2D eigenvalue weighted by molar-refractivity contribution is 9.10. The smallest absolute Gasteiger partial charge is 0.387 e. The van der Waals surface area contributed by atoms with Crippen molar-refractivity contribution in [2.24, 2.45) is 0 Å². The number of halogens is 3. The van der Waals surface area contributed by atoms with Crippen molar-refractivity contribution in [3.05, 3.63) is 58.6 Å². The van der Waals surface area contributed by atoms with Crippen LogP contribution in [-0.2, 0) is 4.79 Å². The summed E-state index contributed by atoms with van der Waals surface area (Å²) in [5, 5.41) is 5.02. The van der Waals surface area contributed by atoms with Gasteiger partial charge in [0, 0.05) is 15.7 Å². The van der Waals surface area contributed by atoms with Gasteiger partial charge in [-0.05, 0) is 42.5 Å². The van der Waals surface area contributed by atoms with Gasteiger partial charge in [0.05, 0.1) is 6.54 Å². The van der Waals surface area contributed by atoms with Crippen molar-refractivity contribution < 1.29 is 23.1 Å². The van der Waals surface area contributed by atoms with Crippen molar-refractivity contribution in [1.29, 1.82) is 0 Å². The molecule has 0 aliphatic rings. The molecule has 0 unspecified atom stereocenters. The third-order valence-electron chi connectivity index (χ3n) is 2.86. The molecule has 8 heteroatoms. The zero-order valence-electron chi connectivity index (χ0n) is 12.3. The molecule has 2 aromatic rings. The van der Waals surface area contributed by atoms with Crippen LogP contribution < -0.4 is 15.4 Å². The van der Waals surface area contributed by atoms with E-state index >= 15 is 0 Å². The Labute approximate surface area is 145 Å². The maximum Gasteiger partial charge on any atom is 0.387 e. The van der Waals surface area contributed by atoms with E-state index in [0.29, 0.717) is 5.69 Å². The molecule has 2 aromatic carbocycles. The number of rotatable bonds is 6. The first kappa shape index (κ1) is 17.9. The fourth-order valence-corrected chi connectivity index (χ4v) is 2.08. The first-order valence-electron chi connectivity index (χ1n) is 6.82. The Bertz CT molecular complexity index is 724. The zero-order chi connectivity index (χ0) is 17.5. The molecule has 0 spiro atoms. The third kappa shape index (κ3) is 5.62. The highest BCUT2D eigenvalue weighted by atomic mass is 79.9. The molecule has 2 N–H and O–H groups in total. The molecule has 2 rings (SSSR count). The van der Waals surface area contributed by atoms with Crippen molar-refractivity contribution in [2.75, 3.05) is 11.9 Å². The Hall–Kier alpha value is -2.48. The number of hydrogen-bond donors (Lipinski definition) is 2. The number of alkyl halides is 2. The van der Waals surface area contributed by atoms with Crippen LogP contribution in [0.4, 0.5) is 14.5 Å². The monoisotopic (exact) mass is 398 g/mol. The summed E-state index contributed by atoms with van der Waals surface area (Å²) in [6, 6.07) is 12.3. The van der Waals surface area contributed by atoms with Crippen molar-refractivity contribution in [3.63, 3.8) is 0 Å². The van der Waals surface area contributed by atoms with Gasteiger partial charge in [-0.25, -0.2) is 0 Å². The summed E-state index contributed by atoms with van der Waals surface area (Å²) in [5.74, 6) is -1.11. The minimum absolute atomic E-state index is 0.115. The molecule has 126 valence electrons. The topological polar surface area (TPSA) is 67.4 Å². The quantitative estimate of drug-likeness (QED) is 0.783. The van der Waals surface area contributed by atoms with Crippen LogP contribution in [0.2, 0.25) is 0 Å². The maximum absolute atomic E-state index is 12.2. The lowest BCUT2D eigenvalue weighted by atomic mass is 10.2. The van der Waals surface area contributed by atoms with Gasteiger partial charge in [-0.1, -0.05) is 22.0 Å². The first-order valence-corrected chi connectivity index (χ1v) is 7.62. The Morgan fingerprint density at radius 3 is 2.50 bits per heavy atom. The number of hydrogen-bond acceptors (Lipinski definition) is 3. The Balaban J connectivity index is 1.88. The largest absolute Gasteiger partial charge is 0.435 e. The van der Waals surface area contributed by atoms with Gasteiger partial charge < -0.3 is 15.4 Å². The van der Waals surface area contributed by atoms with Crippen molar-refractivity contribution in [1.82, 2.24) is 5.32 Å². The molecule has 0 bridgehead atoms. The van der Waals surface area contributed by atoms with Crippen LogP contribution in [0.25, 0.3) is 0 Å². The second-order valence-corrected chi connectivity index (χ2v) is 5.56. The van der Waals surface area contributed by atoms with Crippen LogP contribution in [0.1, 0.15) is 10.4 Å². The predicted octanol–water partition coefficient (Wildman–Crippen LogP) is 3.42. The minimum Gasteiger partial charge on any atom is -0.435 e. The van der Waals surface area contributed by atoms with Crippen LogP contribution >= 0.6 is 15.9 Å². The summed E-state index contributed by atoms with van der Waals surface area (Å²) < 4.78 is 29.4. The molecule has 24 heavy (non-hydrogen) atoms. The molecule has 0 saturated heterocycles. The molecule has 0 saturated carbocycles. The third-order valence-corrected chi connectivity index (χ3v) is 3.39. The molecule has 0 radical (unpaired) electrons. The second kappa shape index (κ2) is 8.39. The van der Waals surface area contributed by atoms with E-state index in [1.54, 1.807) is 24.3 Å². The number of nitrogens with one attached hydrogen (secondary N) is 2. The number of carbonyl (C=O) groups is 2. The molecule has 0 atom stereocenters. The average molecular weight is 399 g/mol. The molecule has 0 heterocycles. The van der Waals surface area contributed by atoms with Crippen LogP contribution in [0.15, 0.2) is 53.0 Å². The van der Waals surface area contributed by atoms with Gasteiger partial charge in [-0.2, -0.15) is 8.78 Å². The SMILES string of the molecule is O=C(CNC(=O)c1cccc(OC(F)F)c1)Nc1ccc(Br)cc1. The van der Waals surface area contributed by atoms with Gasteiger partial charge in [0.15, 0.2) is 0 Å². The number of carbonyl (C=O) groups excluding carboxylic acids is 2. The van der Waals surface area contributed by atoms with Crippen molar-refractivity contribution in [3.8, 4) is 5.75 Å². The van der Waals surface area contributed by atoms with E-state index in [0.717, 1.165) is 4.47 Å². The first-order chi connectivity index (χ1) is 11.4. The van der Waals surface area contributed by atoms with E-state index in [9.17, 15) is 18.4 Å². The van der Waals surface area contributed by atoms with Crippen LogP contribution in [0.5, 0.6) is 5.75 Å². The zero-order valence-corrected chi connectivity index (χ0v) is 13.8. The molecular weight excluding hydrogens is 386 g/mol. The van der Waals surface area contributed by atoms with Crippen LogP contribution in [-0.4, -0.2) is 25.0 Å². The standard InChI is InChI=1S/C16H13BrF2N2O3/c17-11-4-6-12(7-5-11)21-14(22)9-20-15(23)10-2-1-3-13(8-10)24-16(18)19/h1-8,16H,9H2,(H,20,23)(H,21,22). The summed E-state index contributed by atoms with van der Waals surface area (Å²) in [6.45, 7) is -3.23. The summed E-state index contributed by atoms with van der Waals surface area (Å²) in [4.78, 5) is 23.7. The molecule has 0 aliphatic carbocycles. The van der Waals surface area contributed by atoms with E-state index in [-0.39, 0.29) is 17.9 Å². The van der Waals surface area contributed by atoms with Gasteiger partial charge >= 0.3 is 6.61 Å². The van der Waals surface area contributed by atoms with Gasteiger partial charge in [0.2, 0.25) is 5.91 Å². The van der Waals surface area contributed by atoms with E-state index in [1.807, 2.05) is 0 Å². The predicted molar refractivity (Wildman–Crippen MR) is 88.2 cm³/mol. The normalized spacial score (nSPS) is 10.3.